The van der Waals surface area contributed by atoms with Crippen molar-refractivity contribution in [2.24, 2.45) is 0 Å². The molecule has 15 heteroatoms. The van der Waals surface area contributed by atoms with E-state index in [0.717, 1.165) is 0 Å². The van der Waals surface area contributed by atoms with E-state index in [2.05, 4.69) is 26.1 Å². The van der Waals surface area contributed by atoms with Gasteiger partial charge in [-0.15, -0.1) is 5.10 Å². The number of nitrogens with one attached hydrogen (secondary N) is 2. The molecule has 2 fully saturated rings. The van der Waals surface area contributed by atoms with Crippen molar-refractivity contribution in [3.8, 4) is 17.0 Å². The van der Waals surface area contributed by atoms with Gasteiger partial charge in [0.1, 0.15) is 28.9 Å². The first-order valence-corrected chi connectivity index (χ1v) is 16.2. The highest BCUT2D eigenvalue weighted by atomic mass is 19.1. The number of aryl methyl sites for hydroxylation is 1. The zero-order valence-electron chi connectivity index (χ0n) is 26.8. The van der Waals surface area contributed by atoms with Gasteiger partial charge in [0.05, 0.1) is 36.4 Å². The van der Waals surface area contributed by atoms with E-state index in [1.807, 2.05) is 6.07 Å². The number of halogens is 1. The SMILES string of the molecule is Cc1noc2c1C(=O)NC1(CCN(C(=O)c3ccc(F)cc3)CC1)CC(=O)N1CC[C@H](n3cc(-c4cccc(O)c4)nn3)C[C@H]1C(=O)NC2. The molecule has 2 saturated heterocycles. The van der Waals surface area contributed by atoms with E-state index < -0.39 is 29.2 Å². The number of carbonyl (C=O) groups is 4. The number of carbonyl (C=O) groups excluding carboxylic acids is 4. The number of hydrogen-bond donors (Lipinski definition) is 3. The van der Waals surface area contributed by atoms with Gasteiger partial charge in [-0.3, -0.25) is 19.2 Å². The van der Waals surface area contributed by atoms with Gasteiger partial charge in [-0.25, -0.2) is 9.07 Å². The highest BCUT2D eigenvalue weighted by Crippen LogP contribution is 2.34. The van der Waals surface area contributed by atoms with Gasteiger partial charge >= 0.3 is 0 Å². The average molecular weight is 671 g/mol. The standard InChI is InChI=1S/C34H35FN8O6/c1-20-30-28(49-39-20)18-36-31(46)27-16-24(43-19-26(38-40-43)22-3-2-4-25(44)15-22)9-12-42(27)29(45)17-34(37-32(30)47)10-13-41(14-11-34)33(48)21-5-7-23(35)8-6-21/h2-8,15,19,24,27,44H,9-14,16-18H2,1H3,(H,36,46)(H,37,47)/t24-,27-/m0/s1. The van der Waals surface area contributed by atoms with E-state index in [-0.39, 0.29) is 86.8 Å². The number of nitrogens with zero attached hydrogens (tertiary/aromatic N) is 6. The molecule has 0 bridgehead atoms. The van der Waals surface area contributed by atoms with Crippen LogP contribution in [0.5, 0.6) is 5.75 Å². The van der Waals surface area contributed by atoms with Crippen molar-refractivity contribution in [3.63, 3.8) is 0 Å². The molecule has 4 amide bonds. The Bertz CT molecular complexity index is 1920. The Labute approximate surface area is 280 Å². The minimum atomic E-state index is -1.02. The lowest BCUT2D eigenvalue weighted by Crippen LogP contribution is -2.60. The number of amides is 4. The Balaban J connectivity index is 1.15. The summed E-state index contributed by atoms with van der Waals surface area (Å²) in [6.45, 7) is 2.28. The van der Waals surface area contributed by atoms with Gasteiger partial charge in [0.2, 0.25) is 11.8 Å². The fourth-order valence-electron chi connectivity index (χ4n) is 7.05. The lowest BCUT2D eigenvalue weighted by atomic mass is 9.82. The quantitative estimate of drug-likeness (QED) is 0.296. The van der Waals surface area contributed by atoms with Crippen molar-refractivity contribution < 1.29 is 33.2 Å². The second-order valence-corrected chi connectivity index (χ2v) is 12.9. The molecule has 1 spiro atoms. The van der Waals surface area contributed by atoms with Crippen LogP contribution in [0.2, 0.25) is 0 Å². The highest BCUT2D eigenvalue weighted by Gasteiger charge is 2.45. The summed E-state index contributed by atoms with van der Waals surface area (Å²) in [7, 11) is 0. The number of benzene rings is 2. The maximum Gasteiger partial charge on any atom is 0.257 e. The third-order valence-corrected chi connectivity index (χ3v) is 9.78. The fraction of sp³-hybridized carbons (Fsp3) is 0.382. The Morgan fingerprint density at radius 1 is 1.08 bits per heavy atom. The van der Waals surface area contributed by atoms with Gasteiger partial charge in [0.25, 0.3) is 11.8 Å². The van der Waals surface area contributed by atoms with Crippen LogP contribution in [0.1, 0.15) is 70.3 Å². The molecule has 7 rings (SSSR count). The summed E-state index contributed by atoms with van der Waals surface area (Å²) >= 11 is 0. The summed E-state index contributed by atoms with van der Waals surface area (Å²) in [5.41, 5.74) is 1.12. The highest BCUT2D eigenvalue weighted by molar-refractivity contribution is 5.98. The second-order valence-electron chi connectivity index (χ2n) is 12.9. The average Bonchev–Trinajstić information content (AvgIpc) is 3.74. The van der Waals surface area contributed by atoms with Gasteiger partial charge < -0.3 is 30.1 Å². The van der Waals surface area contributed by atoms with Crippen molar-refractivity contribution in [1.29, 1.82) is 0 Å². The monoisotopic (exact) mass is 670 g/mol. The molecule has 0 aliphatic carbocycles. The van der Waals surface area contributed by atoms with Gasteiger partial charge in [-0.2, -0.15) is 0 Å². The topological polar surface area (TPSA) is 176 Å². The molecular formula is C34H35FN8O6. The van der Waals surface area contributed by atoms with Crippen LogP contribution in [0.15, 0.2) is 59.3 Å². The predicted octanol–water partition coefficient (Wildman–Crippen LogP) is 2.74. The number of aromatic hydroxyl groups is 1. The van der Waals surface area contributed by atoms with E-state index in [1.165, 1.54) is 24.3 Å². The Morgan fingerprint density at radius 2 is 1.86 bits per heavy atom. The molecule has 5 heterocycles. The molecule has 3 aliphatic heterocycles. The minimum absolute atomic E-state index is 0.0869. The Kier molecular flexibility index (Phi) is 8.34. The molecule has 2 atom stereocenters. The first-order chi connectivity index (χ1) is 23.6. The van der Waals surface area contributed by atoms with E-state index in [4.69, 9.17) is 4.52 Å². The maximum absolute atomic E-state index is 14.2. The fourth-order valence-corrected chi connectivity index (χ4v) is 7.05. The van der Waals surface area contributed by atoms with Crippen molar-refractivity contribution in [2.45, 2.75) is 63.2 Å². The van der Waals surface area contributed by atoms with E-state index >= 15 is 0 Å². The van der Waals surface area contributed by atoms with E-state index in [1.54, 1.807) is 45.8 Å². The van der Waals surface area contributed by atoms with Crippen LogP contribution in [0.3, 0.4) is 0 Å². The third kappa shape index (κ3) is 6.35. The largest absolute Gasteiger partial charge is 0.508 e. The number of aromatic nitrogens is 4. The molecule has 49 heavy (non-hydrogen) atoms. The van der Waals surface area contributed by atoms with Crippen LogP contribution < -0.4 is 10.6 Å². The molecule has 2 aromatic heterocycles. The van der Waals surface area contributed by atoms with Crippen LogP contribution in [-0.4, -0.2) is 89.9 Å². The zero-order chi connectivity index (χ0) is 34.3. The number of hydrogen-bond acceptors (Lipinski definition) is 9. The normalized spacial score (nSPS) is 21.2. The van der Waals surface area contributed by atoms with Crippen LogP contribution in [0, 0.1) is 12.7 Å². The van der Waals surface area contributed by atoms with Crippen LogP contribution >= 0.6 is 0 Å². The maximum atomic E-state index is 14.2. The van der Waals surface area contributed by atoms with Crippen LogP contribution in [0.4, 0.5) is 4.39 Å². The number of piperidine rings is 2. The van der Waals surface area contributed by atoms with Crippen molar-refractivity contribution in [3.05, 3.63) is 83.1 Å². The number of likely N-dealkylation sites (tertiary alicyclic amines) is 1. The molecule has 2 aromatic carbocycles. The molecule has 3 aliphatic rings. The van der Waals surface area contributed by atoms with Crippen molar-refractivity contribution in [2.75, 3.05) is 19.6 Å². The summed E-state index contributed by atoms with van der Waals surface area (Å²) in [6, 6.07) is 10.9. The molecule has 254 valence electrons. The third-order valence-electron chi connectivity index (χ3n) is 9.78. The molecule has 0 saturated carbocycles. The number of rotatable bonds is 3. The summed E-state index contributed by atoms with van der Waals surface area (Å²) < 4.78 is 20.6. The number of phenols is 1. The summed E-state index contributed by atoms with van der Waals surface area (Å²) in [5.74, 6) is -1.58. The summed E-state index contributed by atoms with van der Waals surface area (Å²) in [6.07, 6.45) is 3.00. The summed E-state index contributed by atoms with van der Waals surface area (Å²) in [4.78, 5) is 58.1. The smallest absolute Gasteiger partial charge is 0.257 e. The Hall–Kier alpha value is -5.60. The molecule has 0 unspecified atom stereocenters. The molecule has 4 aromatic rings. The first kappa shape index (κ1) is 32.0. The predicted molar refractivity (Wildman–Crippen MR) is 170 cm³/mol. The number of phenolic OH excluding ortho intramolecular Hbond substituents is 1. The lowest BCUT2D eigenvalue weighted by Gasteiger charge is -2.45. The van der Waals surface area contributed by atoms with Gasteiger partial charge in [0, 0.05) is 30.8 Å². The van der Waals surface area contributed by atoms with Gasteiger partial charge in [0.15, 0.2) is 5.76 Å². The second kappa shape index (κ2) is 12.8. The summed E-state index contributed by atoms with van der Waals surface area (Å²) in [5, 5.41) is 28.4. The van der Waals surface area contributed by atoms with Crippen LogP contribution in [0.25, 0.3) is 11.3 Å². The molecular weight excluding hydrogens is 635 g/mol. The molecule has 14 nitrogen and oxygen atoms in total. The number of fused-ring (bicyclic) bond motifs is 2. The Morgan fingerprint density at radius 3 is 2.61 bits per heavy atom. The van der Waals surface area contributed by atoms with Gasteiger partial charge in [-0.1, -0.05) is 22.5 Å². The van der Waals surface area contributed by atoms with Crippen LogP contribution in [-0.2, 0) is 16.1 Å². The minimum Gasteiger partial charge on any atom is -0.508 e. The zero-order valence-corrected chi connectivity index (χ0v) is 26.8. The van der Waals surface area contributed by atoms with Gasteiger partial charge in [-0.05, 0) is 69.0 Å². The van der Waals surface area contributed by atoms with Crippen molar-refractivity contribution in [1.82, 2.24) is 40.6 Å². The molecule has 3 N–H and O–H groups in total. The molecule has 0 radical (unpaired) electrons. The van der Waals surface area contributed by atoms with E-state index in [0.29, 0.717) is 28.9 Å². The van der Waals surface area contributed by atoms with Crippen molar-refractivity contribution >= 4 is 23.6 Å². The van der Waals surface area contributed by atoms with E-state index in [9.17, 15) is 28.7 Å². The lowest BCUT2D eigenvalue weighted by molar-refractivity contribution is -0.144. The first-order valence-electron chi connectivity index (χ1n) is 16.2.